The SMILES string of the molecule is CCOc1ccc(C(C#N)N(C)C(=O)C(C)(C)C)cc1. The van der Waals surface area contributed by atoms with Gasteiger partial charge in [0.1, 0.15) is 11.8 Å². The topological polar surface area (TPSA) is 53.3 Å². The molecule has 0 fully saturated rings. The number of nitrogens with zero attached hydrogens (tertiary/aromatic N) is 2. The highest BCUT2D eigenvalue weighted by molar-refractivity contribution is 5.82. The summed E-state index contributed by atoms with van der Waals surface area (Å²) in [5.74, 6) is 0.704. The van der Waals surface area contributed by atoms with Crippen molar-refractivity contribution in [3.05, 3.63) is 29.8 Å². The summed E-state index contributed by atoms with van der Waals surface area (Å²) in [4.78, 5) is 13.8. The first-order valence-electron chi connectivity index (χ1n) is 6.71. The maximum atomic E-state index is 12.3. The summed E-state index contributed by atoms with van der Waals surface area (Å²) in [5, 5.41) is 9.36. The van der Waals surface area contributed by atoms with E-state index in [1.165, 1.54) is 4.90 Å². The first kappa shape index (κ1) is 16.0. The molecule has 1 atom stereocenters. The summed E-state index contributed by atoms with van der Waals surface area (Å²) in [6, 6.07) is 8.89. The molecule has 0 N–H and O–H groups in total. The smallest absolute Gasteiger partial charge is 0.229 e. The molecule has 0 bridgehead atoms. The highest BCUT2D eigenvalue weighted by atomic mass is 16.5. The zero-order valence-electron chi connectivity index (χ0n) is 12.8. The van der Waals surface area contributed by atoms with E-state index in [9.17, 15) is 10.1 Å². The summed E-state index contributed by atoms with van der Waals surface area (Å²) in [6.45, 7) is 8.06. The number of hydrogen-bond donors (Lipinski definition) is 0. The van der Waals surface area contributed by atoms with Crippen LogP contribution in [0.15, 0.2) is 24.3 Å². The largest absolute Gasteiger partial charge is 0.494 e. The van der Waals surface area contributed by atoms with E-state index >= 15 is 0 Å². The van der Waals surface area contributed by atoms with Crippen LogP contribution in [0.25, 0.3) is 0 Å². The maximum absolute atomic E-state index is 12.3. The van der Waals surface area contributed by atoms with E-state index in [4.69, 9.17) is 4.74 Å². The lowest BCUT2D eigenvalue weighted by Gasteiger charge is -2.29. The van der Waals surface area contributed by atoms with Gasteiger partial charge in [0, 0.05) is 12.5 Å². The van der Waals surface area contributed by atoms with E-state index in [1.54, 1.807) is 7.05 Å². The van der Waals surface area contributed by atoms with Crippen molar-refractivity contribution in [1.29, 1.82) is 5.26 Å². The first-order valence-corrected chi connectivity index (χ1v) is 6.71. The molecule has 1 rings (SSSR count). The molecule has 4 nitrogen and oxygen atoms in total. The predicted molar refractivity (Wildman–Crippen MR) is 78.2 cm³/mol. The molecular weight excluding hydrogens is 252 g/mol. The van der Waals surface area contributed by atoms with Crippen LogP contribution in [0.2, 0.25) is 0 Å². The molecule has 0 saturated carbocycles. The third kappa shape index (κ3) is 3.74. The second-order valence-corrected chi connectivity index (χ2v) is 5.70. The van der Waals surface area contributed by atoms with E-state index in [-0.39, 0.29) is 5.91 Å². The van der Waals surface area contributed by atoms with E-state index in [2.05, 4.69) is 6.07 Å². The molecule has 1 aromatic rings. The zero-order valence-corrected chi connectivity index (χ0v) is 12.8. The summed E-state index contributed by atoms with van der Waals surface area (Å²) in [7, 11) is 1.66. The highest BCUT2D eigenvalue weighted by Gasteiger charge is 2.30. The van der Waals surface area contributed by atoms with E-state index < -0.39 is 11.5 Å². The van der Waals surface area contributed by atoms with Crippen molar-refractivity contribution >= 4 is 5.91 Å². The Morgan fingerprint density at radius 3 is 2.30 bits per heavy atom. The van der Waals surface area contributed by atoms with Gasteiger partial charge in [-0.05, 0) is 24.6 Å². The van der Waals surface area contributed by atoms with Gasteiger partial charge in [-0.3, -0.25) is 4.79 Å². The van der Waals surface area contributed by atoms with Crippen molar-refractivity contribution in [3.63, 3.8) is 0 Å². The van der Waals surface area contributed by atoms with Crippen molar-refractivity contribution in [2.24, 2.45) is 5.41 Å². The number of rotatable bonds is 4. The minimum Gasteiger partial charge on any atom is -0.494 e. The molecule has 20 heavy (non-hydrogen) atoms. The van der Waals surface area contributed by atoms with Crippen LogP contribution < -0.4 is 4.74 Å². The van der Waals surface area contributed by atoms with Crippen LogP contribution in [0.3, 0.4) is 0 Å². The lowest BCUT2D eigenvalue weighted by atomic mass is 9.93. The number of hydrogen-bond acceptors (Lipinski definition) is 3. The van der Waals surface area contributed by atoms with Gasteiger partial charge >= 0.3 is 0 Å². The number of amides is 1. The number of carbonyl (C=O) groups excluding carboxylic acids is 1. The molecule has 0 aliphatic heterocycles. The molecule has 0 radical (unpaired) electrons. The molecule has 1 unspecified atom stereocenters. The second-order valence-electron chi connectivity index (χ2n) is 5.70. The minimum atomic E-state index is -0.586. The molecule has 0 aliphatic rings. The number of ether oxygens (including phenoxy) is 1. The van der Waals surface area contributed by atoms with Crippen LogP contribution in [0.5, 0.6) is 5.75 Å². The van der Waals surface area contributed by atoms with Gasteiger partial charge in [-0.2, -0.15) is 5.26 Å². The van der Waals surface area contributed by atoms with E-state index in [0.717, 1.165) is 11.3 Å². The molecule has 4 heteroatoms. The zero-order chi connectivity index (χ0) is 15.3. The fourth-order valence-corrected chi connectivity index (χ4v) is 1.94. The average Bonchev–Trinajstić information content (AvgIpc) is 2.39. The number of carbonyl (C=O) groups is 1. The summed E-state index contributed by atoms with van der Waals surface area (Å²) < 4.78 is 5.37. The standard InChI is InChI=1S/C16H22N2O2/c1-6-20-13-9-7-12(8-10-13)14(11-17)18(5)15(19)16(2,3)4/h7-10,14H,6H2,1-5H3. The maximum Gasteiger partial charge on any atom is 0.229 e. The van der Waals surface area contributed by atoms with Crippen LogP contribution in [-0.2, 0) is 4.79 Å². The van der Waals surface area contributed by atoms with Gasteiger partial charge in [0.2, 0.25) is 5.91 Å². The van der Waals surface area contributed by atoms with Gasteiger partial charge in [0.25, 0.3) is 0 Å². The highest BCUT2D eigenvalue weighted by Crippen LogP contribution is 2.26. The first-order chi connectivity index (χ1) is 9.31. The Labute approximate surface area is 121 Å². The predicted octanol–water partition coefficient (Wildman–Crippen LogP) is 3.15. The second kappa shape index (κ2) is 6.42. The molecule has 0 aromatic heterocycles. The molecule has 0 saturated heterocycles. The van der Waals surface area contributed by atoms with Gasteiger partial charge in [-0.25, -0.2) is 0 Å². The molecule has 108 valence electrons. The number of nitriles is 1. The van der Waals surface area contributed by atoms with Crippen LogP contribution in [0.4, 0.5) is 0 Å². The summed E-state index contributed by atoms with van der Waals surface area (Å²) in [6.07, 6.45) is 0. The van der Waals surface area contributed by atoms with Crippen molar-refractivity contribution in [1.82, 2.24) is 4.90 Å². The Hall–Kier alpha value is -2.02. The molecule has 0 heterocycles. The van der Waals surface area contributed by atoms with Gasteiger partial charge in [-0.1, -0.05) is 32.9 Å². The Balaban J connectivity index is 2.96. The number of benzene rings is 1. The Morgan fingerprint density at radius 2 is 1.90 bits per heavy atom. The summed E-state index contributed by atoms with van der Waals surface area (Å²) >= 11 is 0. The fourth-order valence-electron chi connectivity index (χ4n) is 1.94. The van der Waals surface area contributed by atoms with Gasteiger partial charge in [0.15, 0.2) is 0 Å². The third-order valence-electron chi connectivity index (χ3n) is 2.98. The van der Waals surface area contributed by atoms with Gasteiger partial charge < -0.3 is 9.64 Å². The fraction of sp³-hybridized carbons (Fsp3) is 0.500. The normalized spacial score (nSPS) is 12.4. The molecule has 1 amide bonds. The Kier molecular flexibility index (Phi) is 5.15. The van der Waals surface area contributed by atoms with E-state index in [1.807, 2.05) is 52.0 Å². The average molecular weight is 274 g/mol. The molecule has 0 aliphatic carbocycles. The van der Waals surface area contributed by atoms with Crippen LogP contribution in [0.1, 0.15) is 39.3 Å². The van der Waals surface area contributed by atoms with Crippen LogP contribution in [0, 0.1) is 16.7 Å². The Bertz CT molecular complexity index is 495. The van der Waals surface area contributed by atoms with Crippen molar-refractivity contribution < 1.29 is 9.53 Å². The van der Waals surface area contributed by atoms with Crippen molar-refractivity contribution in [2.45, 2.75) is 33.7 Å². The summed E-state index contributed by atoms with van der Waals surface area (Å²) in [5.41, 5.74) is 0.283. The molecule has 0 spiro atoms. The Morgan fingerprint density at radius 1 is 1.35 bits per heavy atom. The molecule has 1 aromatic carbocycles. The minimum absolute atomic E-state index is 0.0575. The molecular formula is C16H22N2O2. The van der Waals surface area contributed by atoms with Crippen LogP contribution >= 0.6 is 0 Å². The quantitative estimate of drug-likeness (QED) is 0.847. The lowest BCUT2D eigenvalue weighted by molar-refractivity contribution is -0.139. The van der Waals surface area contributed by atoms with Crippen LogP contribution in [-0.4, -0.2) is 24.5 Å². The lowest BCUT2D eigenvalue weighted by Crippen LogP contribution is -2.38. The van der Waals surface area contributed by atoms with Gasteiger partial charge in [0.05, 0.1) is 12.7 Å². The van der Waals surface area contributed by atoms with Crippen molar-refractivity contribution in [2.75, 3.05) is 13.7 Å². The van der Waals surface area contributed by atoms with Gasteiger partial charge in [-0.15, -0.1) is 0 Å². The monoisotopic (exact) mass is 274 g/mol. The van der Waals surface area contributed by atoms with E-state index in [0.29, 0.717) is 6.61 Å². The van der Waals surface area contributed by atoms with Crippen molar-refractivity contribution in [3.8, 4) is 11.8 Å². The third-order valence-corrected chi connectivity index (χ3v) is 2.98.